The molecule has 0 bridgehead atoms. The van der Waals surface area contributed by atoms with Crippen molar-refractivity contribution in [3.63, 3.8) is 0 Å². The summed E-state index contributed by atoms with van der Waals surface area (Å²) < 4.78 is 0. The number of hydrogen-bond acceptors (Lipinski definition) is 4. The number of rotatable bonds is 2. The maximum absolute atomic E-state index is 4.41. The fourth-order valence-corrected chi connectivity index (χ4v) is 3.92. The Hall–Kier alpha value is -0.450. The summed E-state index contributed by atoms with van der Waals surface area (Å²) in [5, 5.41) is 5.77. The van der Waals surface area contributed by atoms with Gasteiger partial charge in [-0.3, -0.25) is 4.90 Å². The first kappa shape index (κ1) is 11.6. The fraction of sp³-hybridized carbons (Fsp3) is 0.769. The summed E-state index contributed by atoms with van der Waals surface area (Å²) >= 11 is 1.71. The molecule has 4 heteroatoms. The lowest BCUT2D eigenvalue weighted by molar-refractivity contribution is 0.0594. The molecule has 1 N–H and O–H groups in total. The molecule has 2 aliphatic rings. The molecular weight excluding hydrogens is 230 g/mol. The van der Waals surface area contributed by atoms with E-state index in [-0.39, 0.29) is 0 Å². The van der Waals surface area contributed by atoms with Gasteiger partial charge < -0.3 is 5.32 Å². The van der Waals surface area contributed by atoms with Crippen LogP contribution in [0, 0.1) is 5.41 Å². The molecule has 3 nitrogen and oxygen atoms in total. The van der Waals surface area contributed by atoms with Crippen LogP contribution < -0.4 is 5.32 Å². The molecule has 3 rings (SSSR count). The molecule has 0 radical (unpaired) electrons. The van der Waals surface area contributed by atoms with Crippen molar-refractivity contribution in [1.29, 1.82) is 0 Å². The van der Waals surface area contributed by atoms with Gasteiger partial charge in [0.15, 0.2) is 0 Å². The summed E-state index contributed by atoms with van der Waals surface area (Å²) in [6.45, 7) is 6.00. The number of nitrogens with zero attached hydrogens (tertiary/aromatic N) is 2. The first-order valence-electron chi connectivity index (χ1n) is 6.67. The van der Waals surface area contributed by atoms with E-state index >= 15 is 0 Å². The molecule has 94 valence electrons. The number of hydrogen-bond donors (Lipinski definition) is 1. The van der Waals surface area contributed by atoms with Crippen LogP contribution >= 0.6 is 11.3 Å². The molecule has 0 aromatic carbocycles. The lowest BCUT2D eigenvalue weighted by Gasteiger charge is -2.45. The molecule has 1 aromatic heterocycles. The van der Waals surface area contributed by atoms with E-state index in [2.05, 4.69) is 20.6 Å². The molecule has 0 saturated carbocycles. The average Bonchev–Trinajstić information content (AvgIpc) is 2.83. The largest absolute Gasteiger partial charge is 0.316 e. The second-order valence-electron chi connectivity index (χ2n) is 5.57. The van der Waals surface area contributed by atoms with E-state index < -0.39 is 0 Å². The Bertz CT molecular complexity index is 338. The summed E-state index contributed by atoms with van der Waals surface area (Å²) in [4.78, 5) is 7.01. The smallest absolute Gasteiger partial charge is 0.0795 e. The van der Waals surface area contributed by atoms with Gasteiger partial charge in [-0.1, -0.05) is 0 Å². The maximum Gasteiger partial charge on any atom is 0.0795 e. The molecule has 0 aliphatic carbocycles. The topological polar surface area (TPSA) is 28.2 Å². The standard InChI is InChI=1S/C13H21N3S/c1-3-13(9-14-5-1)4-2-6-16(10-13)7-12-8-17-11-15-12/h8,11,14H,1-7,9-10H2. The lowest BCUT2D eigenvalue weighted by Crippen LogP contribution is -2.50. The minimum atomic E-state index is 0.562. The van der Waals surface area contributed by atoms with E-state index in [1.807, 2.05) is 5.51 Å². The zero-order chi connectivity index (χ0) is 11.6. The molecule has 0 amide bonds. The summed E-state index contributed by atoms with van der Waals surface area (Å²) in [5.74, 6) is 0. The van der Waals surface area contributed by atoms with E-state index in [4.69, 9.17) is 0 Å². The quantitative estimate of drug-likeness (QED) is 0.872. The zero-order valence-corrected chi connectivity index (χ0v) is 11.1. The predicted octanol–water partition coefficient (Wildman–Crippen LogP) is 2.11. The Kier molecular flexibility index (Phi) is 3.45. The van der Waals surface area contributed by atoms with Gasteiger partial charge in [-0.2, -0.15) is 0 Å². The molecule has 2 aliphatic heterocycles. The number of nitrogens with one attached hydrogen (secondary N) is 1. The molecule has 2 saturated heterocycles. The highest BCUT2D eigenvalue weighted by Gasteiger charge is 2.36. The second-order valence-corrected chi connectivity index (χ2v) is 6.29. The van der Waals surface area contributed by atoms with Crippen LogP contribution in [0.2, 0.25) is 0 Å². The Morgan fingerprint density at radius 1 is 1.41 bits per heavy atom. The Balaban J connectivity index is 1.62. The van der Waals surface area contributed by atoms with Crippen molar-refractivity contribution in [1.82, 2.24) is 15.2 Å². The van der Waals surface area contributed by atoms with Gasteiger partial charge in [0.25, 0.3) is 0 Å². The first-order chi connectivity index (χ1) is 8.36. The summed E-state index contributed by atoms with van der Waals surface area (Å²) in [6, 6.07) is 0. The van der Waals surface area contributed by atoms with E-state index in [1.54, 1.807) is 11.3 Å². The zero-order valence-electron chi connectivity index (χ0n) is 10.3. The minimum Gasteiger partial charge on any atom is -0.316 e. The summed E-state index contributed by atoms with van der Waals surface area (Å²) in [6.07, 6.45) is 5.53. The predicted molar refractivity (Wildman–Crippen MR) is 71.2 cm³/mol. The molecule has 1 aromatic rings. The van der Waals surface area contributed by atoms with Crippen LogP contribution in [0.1, 0.15) is 31.4 Å². The van der Waals surface area contributed by atoms with Gasteiger partial charge in [0, 0.05) is 25.0 Å². The van der Waals surface area contributed by atoms with Gasteiger partial charge >= 0.3 is 0 Å². The van der Waals surface area contributed by atoms with Crippen LogP contribution in [0.3, 0.4) is 0 Å². The van der Waals surface area contributed by atoms with Gasteiger partial charge in [0.2, 0.25) is 0 Å². The van der Waals surface area contributed by atoms with Crippen molar-refractivity contribution in [3.8, 4) is 0 Å². The molecule has 2 fully saturated rings. The normalized spacial score (nSPS) is 30.8. The third kappa shape index (κ3) is 2.69. The van der Waals surface area contributed by atoms with Crippen LogP contribution in [0.25, 0.3) is 0 Å². The van der Waals surface area contributed by atoms with E-state index in [0.717, 1.165) is 6.54 Å². The number of likely N-dealkylation sites (tertiary alicyclic amines) is 1. The van der Waals surface area contributed by atoms with Crippen molar-refractivity contribution in [2.45, 2.75) is 32.2 Å². The van der Waals surface area contributed by atoms with Crippen LogP contribution in [0.15, 0.2) is 10.9 Å². The molecule has 1 atom stereocenters. The van der Waals surface area contributed by atoms with Crippen LogP contribution in [0.5, 0.6) is 0 Å². The lowest BCUT2D eigenvalue weighted by atomic mass is 9.74. The molecular formula is C13H21N3S. The highest BCUT2D eigenvalue weighted by molar-refractivity contribution is 7.07. The summed E-state index contributed by atoms with van der Waals surface area (Å²) in [7, 11) is 0. The third-order valence-electron chi connectivity index (χ3n) is 4.17. The Morgan fingerprint density at radius 3 is 3.12 bits per heavy atom. The van der Waals surface area contributed by atoms with Crippen molar-refractivity contribution in [3.05, 3.63) is 16.6 Å². The summed E-state index contributed by atoms with van der Waals surface area (Å²) in [5.41, 5.74) is 3.75. The highest BCUT2D eigenvalue weighted by Crippen LogP contribution is 2.36. The Morgan fingerprint density at radius 2 is 2.35 bits per heavy atom. The Labute approximate surface area is 107 Å². The van der Waals surface area contributed by atoms with Crippen molar-refractivity contribution in [2.24, 2.45) is 5.41 Å². The van der Waals surface area contributed by atoms with Gasteiger partial charge in [-0.05, 0) is 44.2 Å². The van der Waals surface area contributed by atoms with Crippen LogP contribution in [-0.2, 0) is 6.54 Å². The monoisotopic (exact) mass is 251 g/mol. The number of piperidine rings is 2. The van der Waals surface area contributed by atoms with Gasteiger partial charge in [0.05, 0.1) is 11.2 Å². The highest BCUT2D eigenvalue weighted by atomic mass is 32.1. The van der Waals surface area contributed by atoms with Crippen LogP contribution in [-0.4, -0.2) is 36.1 Å². The van der Waals surface area contributed by atoms with E-state index in [9.17, 15) is 0 Å². The van der Waals surface area contributed by atoms with Gasteiger partial charge in [-0.25, -0.2) is 4.98 Å². The molecule has 1 spiro atoms. The molecule has 1 unspecified atom stereocenters. The average molecular weight is 251 g/mol. The van der Waals surface area contributed by atoms with E-state index in [1.165, 1.54) is 57.6 Å². The SMILES string of the molecule is c1nc(CN2CCCC3(CCCNC3)C2)cs1. The third-order valence-corrected chi connectivity index (χ3v) is 4.81. The van der Waals surface area contributed by atoms with Crippen molar-refractivity contribution in [2.75, 3.05) is 26.2 Å². The number of aromatic nitrogens is 1. The van der Waals surface area contributed by atoms with E-state index in [0.29, 0.717) is 5.41 Å². The fourth-order valence-electron chi connectivity index (χ4n) is 3.37. The minimum absolute atomic E-state index is 0.562. The van der Waals surface area contributed by atoms with Crippen molar-refractivity contribution >= 4 is 11.3 Å². The van der Waals surface area contributed by atoms with Crippen molar-refractivity contribution < 1.29 is 0 Å². The maximum atomic E-state index is 4.41. The van der Waals surface area contributed by atoms with Crippen LogP contribution in [0.4, 0.5) is 0 Å². The number of thiazole rings is 1. The first-order valence-corrected chi connectivity index (χ1v) is 7.61. The van der Waals surface area contributed by atoms with Gasteiger partial charge in [-0.15, -0.1) is 11.3 Å². The van der Waals surface area contributed by atoms with Gasteiger partial charge in [0.1, 0.15) is 0 Å². The second kappa shape index (κ2) is 5.04. The molecule has 17 heavy (non-hydrogen) atoms. The molecule has 3 heterocycles.